The molecule has 0 aliphatic rings. The third-order valence-electron chi connectivity index (χ3n) is 3.07. The van der Waals surface area contributed by atoms with Crippen molar-refractivity contribution < 1.29 is 10.2 Å². The predicted molar refractivity (Wildman–Crippen MR) is 76.5 cm³/mol. The SMILES string of the molecule is C[C@H](NCc1cccc(O)c1O)c1ccc(Cl)cc1. The molecule has 0 bridgehead atoms. The zero-order valence-electron chi connectivity index (χ0n) is 10.6. The number of phenols is 2. The Morgan fingerprint density at radius 2 is 1.79 bits per heavy atom. The molecular formula is C15H16ClNO2. The third-order valence-corrected chi connectivity index (χ3v) is 3.32. The van der Waals surface area contributed by atoms with Crippen molar-refractivity contribution in [2.24, 2.45) is 0 Å². The highest BCUT2D eigenvalue weighted by Gasteiger charge is 2.08. The summed E-state index contributed by atoms with van der Waals surface area (Å²) in [5, 5.41) is 23.1. The van der Waals surface area contributed by atoms with Gasteiger partial charge in [-0.1, -0.05) is 35.9 Å². The van der Waals surface area contributed by atoms with Crippen LogP contribution in [-0.4, -0.2) is 10.2 Å². The van der Waals surface area contributed by atoms with Crippen LogP contribution in [0.5, 0.6) is 11.5 Å². The van der Waals surface area contributed by atoms with Crippen LogP contribution < -0.4 is 5.32 Å². The maximum atomic E-state index is 9.71. The maximum Gasteiger partial charge on any atom is 0.161 e. The lowest BCUT2D eigenvalue weighted by molar-refractivity contribution is 0.396. The Labute approximate surface area is 117 Å². The van der Waals surface area contributed by atoms with E-state index in [9.17, 15) is 10.2 Å². The van der Waals surface area contributed by atoms with Crippen molar-refractivity contribution in [2.75, 3.05) is 0 Å². The summed E-state index contributed by atoms with van der Waals surface area (Å²) in [7, 11) is 0. The van der Waals surface area contributed by atoms with Gasteiger partial charge in [-0.3, -0.25) is 0 Å². The third kappa shape index (κ3) is 3.40. The normalized spacial score (nSPS) is 12.3. The zero-order chi connectivity index (χ0) is 13.8. The molecule has 0 spiro atoms. The predicted octanol–water partition coefficient (Wildman–Crippen LogP) is 3.60. The average molecular weight is 278 g/mol. The Hall–Kier alpha value is -1.71. The number of para-hydroxylation sites is 1. The molecular weight excluding hydrogens is 262 g/mol. The van der Waals surface area contributed by atoms with E-state index < -0.39 is 0 Å². The second-order valence-corrected chi connectivity index (χ2v) is 4.88. The monoisotopic (exact) mass is 277 g/mol. The van der Waals surface area contributed by atoms with Gasteiger partial charge in [0.25, 0.3) is 0 Å². The van der Waals surface area contributed by atoms with Gasteiger partial charge in [0.2, 0.25) is 0 Å². The van der Waals surface area contributed by atoms with E-state index in [-0.39, 0.29) is 17.5 Å². The molecule has 0 unspecified atom stereocenters. The van der Waals surface area contributed by atoms with Gasteiger partial charge in [-0.05, 0) is 30.7 Å². The minimum Gasteiger partial charge on any atom is -0.504 e. The van der Waals surface area contributed by atoms with E-state index >= 15 is 0 Å². The summed E-state index contributed by atoms with van der Waals surface area (Å²) < 4.78 is 0. The summed E-state index contributed by atoms with van der Waals surface area (Å²) in [6.07, 6.45) is 0. The van der Waals surface area contributed by atoms with Crippen LogP contribution >= 0.6 is 11.6 Å². The zero-order valence-corrected chi connectivity index (χ0v) is 11.4. The minimum absolute atomic E-state index is 0.0710. The molecule has 3 N–H and O–H groups in total. The largest absolute Gasteiger partial charge is 0.504 e. The summed E-state index contributed by atoms with van der Waals surface area (Å²) in [6.45, 7) is 2.51. The molecule has 2 aromatic carbocycles. The van der Waals surface area contributed by atoms with Crippen molar-refractivity contribution in [3.8, 4) is 11.5 Å². The van der Waals surface area contributed by atoms with Crippen molar-refractivity contribution >= 4 is 11.6 Å². The molecule has 19 heavy (non-hydrogen) atoms. The standard InChI is InChI=1S/C15H16ClNO2/c1-10(11-5-7-13(16)8-6-11)17-9-12-3-2-4-14(18)15(12)19/h2-8,10,17-19H,9H2,1H3/t10-/m0/s1. The number of nitrogens with one attached hydrogen (secondary N) is 1. The summed E-state index contributed by atoms with van der Waals surface area (Å²) in [4.78, 5) is 0. The average Bonchev–Trinajstić information content (AvgIpc) is 2.41. The van der Waals surface area contributed by atoms with Gasteiger partial charge >= 0.3 is 0 Å². The molecule has 0 radical (unpaired) electrons. The lowest BCUT2D eigenvalue weighted by Crippen LogP contribution is -2.18. The molecule has 0 fully saturated rings. The number of hydrogen-bond acceptors (Lipinski definition) is 3. The Bertz CT molecular complexity index is 555. The summed E-state index contributed by atoms with van der Waals surface area (Å²) in [5.41, 5.74) is 1.78. The molecule has 2 aromatic rings. The molecule has 0 aliphatic heterocycles. The van der Waals surface area contributed by atoms with Gasteiger partial charge in [0, 0.05) is 23.2 Å². The highest BCUT2D eigenvalue weighted by molar-refractivity contribution is 6.30. The molecule has 0 aromatic heterocycles. The quantitative estimate of drug-likeness (QED) is 0.749. The van der Waals surface area contributed by atoms with E-state index in [0.29, 0.717) is 17.1 Å². The smallest absolute Gasteiger partial charge is 0.161 e. The number of rotatable bonds is 4. The molecule has 3 nitrogen and oxygen atoms in total. The molecule has 0 saturated carbocycles. The van der Waals surface area contributed by atoms with E-state index in [1.165, 1.54) is 6.07 Å². The van der Waals surface area contributed by atoms with Crippen molar-refractivity contribution in [3.05, 3.63) is 58.6 Å². The van der Waals surface area contributed by atoms with Crippen molar-refractivity contribution in [1.29, 1.82) is 0 Å². The molecule has 100 valence electrons. The molecule has 0 amide bonds. The highest BCUT2D eigenvalue weighted by Crippen LogP contribution is 2.28. The molecule has 1 atom stereocenters. The van der Waals surface area contributed by atoms with Crippen LogP contribution in [0.1, 0.15) is 24.1 Å². The van der Waals surface area contributed by atoms with Gasteiger partial charge in [-0.2, -0.15) is 0 Å². The second-order valence-electron chi connectivity index (χ2n) is 4.44. The van der Waals surface area contributed by atoms with Gasteiger partial charge < -0.3 is 15.5 Å². The van der Waals surface area contributed by atoms with Crippen LogP contribution in [0.25, 0.3) is 0 Å². The fourth-order valence-corrected chi connectivity index (χ4v) is 1.98. The molecule has 0 heterocycles. The second kappa shape index (κ2) is 5.95. The number of hydrogen-bond donors (Lipinski definition) is 3. The first-order chi connectivity index (χ1) is 9.08. The first-order valence-corrected chi connectivity index (χ1v) is 6.44. The number of halogens is 1. The fraction of sp³-hybridized carbons (Fsp3) is 0.200. The number of benzene rings is 2. The highest BCUT2D eigenvalue weighted by atomic mass is 35.5. The first-order valence-electron chi connectivity index (χ1n) is 6.06. The van der Waals surface area contributed by atoms with Crippen LogP contribution in [0.15, 0.2) is 42.5 Å². The summed E-state index contributed by atoms with van der Waals surface area (Å²) in [5.74, 6) is -0.170. The van der Waals surface area contributed by atoms with Crippen LogP contribution in [0.2, 0.25) is 5.02 Å². The van der Waals surface area contributed by atoms with Crippen LogP contribution in [0, 0.1) is 0 Å². The molecule has 0 aliphatic carbocycles. The number of phenolic OH excluding ortho intramolecular Hbond substituents is 2. The fourth-order valence-electron chi connectivity index (χ4n) is 1.85. The van der Waals surface area contributed by atoms with Gasteiger partial charge in [0.1, 0.15) is 0 Å². The van der Waals surface area contributed by atoms with Gasteiger partial charge in [0.05, 0.1) is 0 Å². The van der Waals surface area contributed by atoms with Gasteiger partial charge in [0.15, 0.2) is 11.5 Å². The Balaban J connectivity index is 2.02. The first kappa shape index (κ1) is 13.7. The van der Waals surface area contributed by atoms with E-state index in [2.05, 4.69) is 5.32 Å². The van der Waals surface area contributed by atoms with E-state index in [4.69, 9.17) is 11.6 Å². The van der Waals surface area contributed by atoms with E-state index in [0.717, 1.165) is 5.56 Å². The van der Waals surface area contributed by atoms with Crippen LogP contribution in [-0.2, 0) is 6.54 Å². The lowest BCUT2D eigenvalue weighted by atomic mass is 10.1. The summed E-state index contributed by atoms with van der Waals surface area (Å²) in [6, 6.07) is 12.7. The molecule has 4 heteroatoms. The van der Waals surface area contributed by atoms with Crippen LogP contribution in [0.4, 0.5) is 0 Å². The molecule has 0 saturated heterocycles. The summed E-state index contributed by atoms with van der Waals surface area (Å²) >= 11 is 5.85. The Morgan fingerprint density at radius 3 is 2.47 bits per heavy atom. The van der Waals surface area contributed by atoms with Gasteiger partial charge in [-0.15, -0.1) is 0 Å². The molecule has 2 rings (SSSR count). The maximum absolute atomic E-state index is 9.71. The van der Waals surface area contributed by atoms with Crippen molar-refractivity contribution in [3.63, 3.8) is 0 Å². The van der Waals surface area contributed by atoms with E-state index in [1.54, 1.807) is 12.1 Å². The van der Waals surface area contributed by atoms with Crippen molar-refractivity contribution in [1.82, 2.24) is 5.32 Å². The Morgan fingerprint density at radius 1 is 1.11 bits per heavy atom. The van der Waals surface area contributed by atoms with Crippen LogP contribution in [0.3, 0.4) is 0 Å². The Kier molecular flexibility index (Phi) is 4.30. The van der Waals surface area contributed by atoms with Crippen molar-refractivity contribution in [2.45, 2.75) is 19.5 Å². The minimum atomic E-state index is -0.0987. The van der Waals surface area contributed by atoms with E-state index in [1.807, 2.05) is 31.2 Å². The lowest BCUT2D eigenvalue weighted by Gasteiger charge is -2.15. The number of aromatic hydroxyl groups is 2. The topological polar surface area (TPSA) is 52.5 Å². The van der Waals surface area contributed by atoms with Gasteiger partial charge in [-0.25, -0.2) is 0 Å².